The third kappa shape index (κ3) is 2.60. The largest absolute Gasteiger partial charge is 0.350 e. The van der Waals surface area contributed by atoms with E-state index in [1.807, 2.05) is 0 Å². The van der Waals surface area contributed by atoms with Crippen LogP contribution in [0.15, 0.2) is 24.4 Å². The summed E-state index contributed by atoms with van der Waals surface area (Å²) in [4.78, 5) is 2.55. The van der Waals surface area contributed by atoms with E-state index in [1.54, 1.807) is 0 Å². The highest BCUT2D eigenvalue weighted by molar-refractivity contribution is 5.84. The lowest BCUT2D eigenvalue weighted by atomic mass is 10.0. The summed E-state index contributed by atoms with van der Waals surface area (Å²) >= 11 is 0. The molecule has 0 saturated carbocycles. The molecule has 0 radical (unpaired) electrons. The van der Waals surface area contributed by atoms with Crippen LogP contribution in [-0.2, 0) is 13.6 Å². The van der Waals surface area contributed by atoms with E-state index >= 15 is 0 Å². The van der Waals surface area contributed by atoms with Crippen molar-refractivity contribution in [1.82, 2.24) is 14.8 Å². The lowest BCUT2D eigenvalue weighted by Gasteiger charge is -2.26. The van der Waals surface area contributed by atoms with Gasteiger partial charge in [-0.3, -0.25) is 4.90 Å². The number of nitrogens with zero attached hydrogens (tertiary/aromatic N) is 2. The Morgan fingerprint density at radius 3 is 2.65 bits per heavy atom. The minimum Gasteiger partial charge on any atom is -0.350 e. The molecule has 1 N–H and O–H groups in total. The van der Waals surface area contributed by atoms with Crippen molar-refractivity contribution in [3.8, 4) is 0 Å². The van der Waals surface area contributed by atoms with Gasteiger partial charge in [0.15, 0.2) is 0 Å². The van der Waals surface area contributed by atoms with Gasteiger partial charge in [0.1, 0.15) is 0 Å². The van der Waals surface area contributed by atoms with Crippen molar-refractivity contribution >= 4 is 10.9 Å². The molecule has 1 fully saturated rings. The van der Waals surface area contributed by atoms with E-state index in [9.17, 15) is 0 Å². The number of piperazine rings is 1. The van der Waals surface area contributed by atoms with E-state index in [-0.39, 0.29) is 0 Å². The molecule has 3 heteroatoms. The first-order chi connectivity index (χ1) is 9.65. The zero-order valence-corrected chi connectivity index (χ0v) is 12.8. The van der Waals surface area contributed by atoms with Gasteiger partial charge in [-0.2, -0.15) is 0 Å². The molecule has 0 aliphatic carbocycles. The maximum absolute atomic E-state index is 3.42. The monoisotopic (exact) mass is 271 g/mol. The van der Waals surface area contributed by atoms with Gasteiger partial charge in [-0.15, -0.1) is 0 Å². The zero-order valence-electron chi connectivity index (χ0n) is 12.8. The van der Waals surface area contributed by atoms with E-state index in [4.69, 9.17) is 0 Å². The van der Waals surface area contributed by atoms with Crippen LogP contribution in [0.5, 0.6) is 0 Å². The first kappa shape index (κ1) is 13.7. The Morgan fingerprint density at radius 1 is 1.20 bits per heavy atom. The number of hydrogen-bond donors (Lipinski definition) is 1. The van der Waals surface area contributed by atoms with Crippen molar-refractivity contribution in [3.63, 3.8) is 0 Å². The third-order valence-electron chi connectivity index (χ3n) is 4.37. The molecule has 2 aromatic rings. The molecule has 1 aliphatic heterocycles. The molecule has 3 nitrogen and oxygen atoms in total. The van der Waals surface area contributed by atoms with Crippen molar-refractivity contribution < 1.29 is 0 Å². The summed E-state index contributed by atoms with van der Waals surface area (Å²) in [5, 5.41) is 4.85. The summed E-state index contributed by atoms with van der Waals surface area (Å²) < 4.78 is 2.26. The zero-order chi connectivity index (χ0) is 14.1. The van der Waals surface area contributed by atoms with Crippen LogP contribution in [0.3, 0.4) is 0 Å². The Morgan fingerprint density at radius 2 is 1.95 bits per heavy atom. The Labute approximate surface area is 121 Å². The molecule has 0 unspecified atom stereocenters. The summed E-state index contributed by atoms with van der Waals surface area (Å²) in [7, 11) is 2.15. The highest BCUT2D eigenvalue weighted by atomic mass is 15.2. The first-order valence-corrected chi connectivity index (χ1v) is 7.66. The van der Waals surface area contributed by atoms with E-state index in [1.165, 1.54) is 22.0 Å². The molecule has 0 bridgehead atoms. The SMILES string of the molecule is CC(C)c1ccc2c(c1)c(CN1CCNCC1)cn2C. The predicted molar refractivity (Wildman–Crippen MR) is 85.2 cm³/mol. The molecule has 1 aliphatic rings. The molecular weight excluding hydrogens is 246 g/mol. The minimum atomic E-state index is 0.589. The van der Waals surface area contributed by atoms with Crippen molar-refractivity contribution in [2.75, 3.05) is 26.2 Å². The van der Waals surface area contributed by atoms with Gasteiger partial charge in [0.25, 0.3) is 0 Å². The molecule has 0 amide bonds. The van der Waals surface area contributed by atoms with Crippen LogP contribution >= 0.6 is 0 Å². The normalized spacial score (nSPS) is 17.2. The van der Waals surface area contributed by atoms with Crippen LogP contribution in [-0.4, -0.2) is 35.6 Å². The van der Waals surface area contributed by atoms with Gasteiger partial charge >= 0.3 is 0 Å². The number of aryl methyl sites for hydroxylation is 1. The van der Waals surface area contributed by atoms with Gasteiger partial charge in [-0.05, 0) is 29.2 Å². The molecule has 108 valence electrons. The third-order valence-corrected chi connectivity index (χ3v) is 4.37. The molecule has 0 spiro atoms. The standard InChI is InChI=1S/C17H25N3/c1-13(2)14-4-5-17-16(10-14)15(11-19(17)3)12-20-8-6-18-7-9-20/h4-5,10-11,13,18H,6-9,12H2,1-3H3. The fraction of sp³-hybridized carbons (Fsp3) is 0.529. The second kappa shape index (κ2) is 5.58. The van der Waals surface area contributed by atoms with Gasteiger partial charge < -0.3 is 9.88 Å². The summed E-state index contributed by atoms with van der Waals surface area (Å²) in [5.74, 6) is 0.589. The molecule has 1 aromatic heterocycles. The Kier molecular flexibility index (Phi) is 3.81. The van der Waals surface area contributed by atoms with E-state index < -0.39 is 0 Å². The number of aromatic nitrogens is 1. The van der Waals surface area contributed by atoms with Crippen molar-refractivity contribution in [2.24, 2.45) is 7.05 Å². The van der Waals surface area contributed by atoms with Crippen LogP contribution in [0.4, 0.5) is 0 Å². The summed E-state index contributed by atoms with van der Waals surface area (Å²) in [6.07, 6.45) is 2.30. The fourth-order valence-corrected chi connectivity index (χ4v) is 3.09. The van der Waals surface area contributed by atoms with E-state index in [0.717, 1.165) is 32.7 Å². The average molecular weight is 271 g/mol. The molecule has 20 heavy (non-hydrogen) atoms. The summed E-state index contributed by atoms with van der Waals surface area (Å²) in [5.41, 5.74) is 4.25. The number of fused-ring (bicyclic) bond motifs is 1. The van der Waals surface area contributed by atoms with Crippen LogP contribution in [0.1, 0.15) is 30.9 Å². The highest BCUT2D eigenvalue weighted by Gasteiger charge is 2.14. The Bertz CT molecular complexity index is 592. The van der Waals surface area contributed by atoms with Gasteiger partial charge in [-0.1, -0.05) is 19.9 Å². The quantitative estimate of drug-likeness (QED) is 0.926. The number of benzene rings is 1. The molecular formula is C17H25N3. The van der Waals surface area contributed by atoms with Crippen LogP contribution in [0, 0.1) is 0 Å². The van der Waals surface area contributed by atoms with E-state index in [0.29, 0.717) is 5.92 Å². The van der Waals surface area contributed by atoms with Gasteiger partial charge in [0, 0.05) is 56.9 Å². The van der Waals surface area contributed by atoms with Crippen LogP contribution < -0.4 is 5.32 Å². The molecule has 1 aromatic carbocycles. The van der Waals surface area contributed by atoms with Crippen molar-refractivity contribution in [2.45, 2.75) is 26.3 Å². The Hall–Kier alpha value is -1.32. The van der Waals surface area contributed by atoms with Crippen LogP contribution in [0.2, 0.25) is 0 Å². The fourth-order valence-electron chi connectivity index (χ4n) is 3.09. The minimum absolute atomic E-state index is 0.589. The number of rotatable bonds is 3. The van der Waals surface area contributed by atoms with Crippen molar-refractivity contribution in [3.05, 3.63) is 35.5 Å². The first-order valence-electron chi connectivity index (χ1n) is 7.66. The topological polar surface area (TPSA) is 20.2 Å². The highest BCUT2D eigenvalue weighted by Crippen LogP contribution is 2.26. The smallest absolute Gasteiger partial charge is 0.0481 e. The number of nitrogens with one attached hydrogen (secondary N) is 1. The molecule has 1 saturated heterocycles. The maximum atomic E-state index is 3.42. The lowest BCUT2D eigenvalue weighted by Crippen LogP contribution is -2.42. The van der Waals surface area contributed by atoms with Gasteiger partial charge in [0.2, 0.25) is 0 Å². The maximum Gasteiger partial charge on any atom is 0.0481 e. The lowest BCUT2D eigenvalue weighted by molar-refractivity contribution is 0.234. The van der Waals surface area contributed by atoms with Crippen molar-refractivity contribution in [1.29, 1.82) is 0 Å². The Balaban J connectivity index is 1.94. The second-order valence-corrected chi connectivity index (χ2v) is 6.22. The molecule has 2 heterocycles. The summed E-state index contributed by atoms with van der Waals surface area (Å²) in [6, 6.07) is 6.92. The number of hydrogen-bond acceptors (Lipinski definition) is 2. The molecule has 0 atom stereocenters. The summed E-state index contributed by atoms with van der Waals surface area (Å²) in [6.45, 7) is 10.1. The van der Waals surface area contributed by atoms with Gasteiger partial charge in [0.05, 0.1) is 0 Å². The average Bonchev–Trinajstić information content (AvgIpc) is 2.76. The molecule has 3 rings (SSSR count). The predicted octanol–water partition coefficient (Wildman–Crippen LogP) is 2.71. The second-order valence-electron chi connectivity index (χ2n) is 6.22. The van der Waals surface area contributed by atoms with Crippen LogP contribution in [0.25, 0.3) is 10.9 Å². The van der Waals surface area contributed by atoms with Gasteiger partial charge in [-0.25, -0.2) is 0 Å². The van der Waals surface area contributed by atoms with E-state index in [2.05, 4.69) is 60.1 Å².